The van der Waals surface area contributed by atoms with Gasteiger partial charge in [0.25, 0.3) is 5.56 Å². The van der Waals surface area contributed by atoms with Gasteiger partial charge in [0.1, 0.15) is 0 Å². The fraction of sp³-hybridized carbons (Fsp3) is 0.636. The van der Waals surface area contributed by atoms with Crippen molar-refractivity contribution in [1.82, 2.24) is 9.55 Å². The van der Waals surface area contributed by atoms with Gasteiger partial charge in [-0.25, -0.2) is 4.98 Å². The minimum absolute atomic E-state index is 0.0242. The molecule has 2 N–H and O–H groups in total. The van der Waals surface area contributed by atoms with Crippen molar-refractivity contribution in [3.8, 4) is 0 Å². The van der Waals surface area contributed by atoms with E-state index in [4.69, 9.17) is 5.73 Å². The van der Waals surface area contributed by atoms with Crippen LogP contribution in [-0.4, -0.2) is 29.2 Å². The second-order valence-corrected chi connectivity index (χ2v) is 3.56. The molecule has 0 fully saturated rings. The van der Waals surface area contributed by atoms with Gasteiger partial charge in [0.15, 0.2) is 5.82 Å². The fourth-order valence-corrected chi connectivity index (χ4v) is 1.60. The van der Waals surface area contributed by atoms with E-state index in [1.54, 1.807) is 17.0 Å². The highest BCUT2D eigenvalue weighted by Crippen LogP contribution is 2.03. The molecule has 0 bridgehead atoms. The van der Waals surface area contributed by atoms with Crippen molar-refractivity contribution in [1.29, 1.82) is 0 Å². The van der Waals surface area contributed by atoms with Crippen LogP contribution in [0, 0.1) is 0 Å². The molecule has 1 rings (SSSR count). The zero-order valence-electron chi connectivity index (χ0n) is 10.0. The molecule has 0 aromatic carbocycles. The van der Waals surface area contributed by atoms with E-state index in [1.807, 2.05) is 18.7 Å². The van der Waals surface area contributed by atoms with Crippen LogP contribution >= 0.6 is 0 Å². The molecule has 0 atom stereocenters. The van der Waals surface area contributed by atoms with Crippen molar-refractivity contribution < 1.29 is 0 Å². The molecule has 1 aromatic rings. The van der Waals surface area contributed by atoms with E-state index in [1.165, 1.54) is 0 Å². The van der Waals surface area contributed by atoms with Crippen molar-refractivity contribution in [2.45, 2.75) is 26.8 Å². The Labute approximate surface area is 95.9 Å². The summed E-state index contributed by atoms with van der Waals surface area (Å²) in [6, 6.07) is 0. The molecule has 0 saturated carbocycles. The van der Waals surface area contributed by atoms with Crippen LogP contribution in [0.4, 0.5) is 5.82 Å². The van der Waals surface area contributed by atoms with Crippen LogP contribution in [0.15, 0.2) is 17.2 Å². The van der Waals surface area contributed by atoms with Crippen LogP contribution in [-0.2, 0) is 6.54 Å². The molecule has 0 radical (unpaired) electrons. The predicted molar refractivity (Wildman–Crippen MR) is 65.7 cm³/mol. The summed E-state index contributed by atoms with van der Waals surface area (Å²) in [6.45, 7) is 6.81. The van der Waals surface area contributed by atoms with Crippen LogP contribution in [0.5, 0.6) is 0 Å². The predicted octanol–water partition coefficient (Wildman–Crippen LogP) is 0.438. The second-order valence-electron chi connectivity index (χ2n) is 3.56. The number of aryl methyl sites for hydroxylation is 1. The van der Waals surface area contributed by atoms with Crippen LogP contribution < -0.4 is 16.2 Å². The second kappa shape index (κ2) is 6.27. The van der Waals surface area contributed by atoms with Gasteiger partial charge >= 0.3 is 0 Å². The summed E-state index contributed by atoms with van der Waals surface area (Å²) in [7, 11) is 0. The summed E-state index contributed by atoms with van der Waals surface area (Å²) >= 11 is 0. The molecule has 5 nitrogen and oxygen atoms in total. The third kappa shape index (κ3) is 2.82. The van der Waals surface area contributed by atoms with Gasteiger partial charge in [-0.2, -0.15) is 0 Å². The first-order chi connectivity index (χ1) is 7.74. The molecule has 1 heterocycles. The number of anilines is 1. The molecule has 0 aliphatic heterocycles. The summed E-state index contributed by atoms with van der Waals surface area (Å²) < 4.78 is 1.66. The van der Waals surface area contributed by atoms with Gasteiger partial charge in [-0.1, -0.05) is 0 Å². The molecule has 0 saturated heterocycles. The maximum Gasteiger partial charge on any atom is 0.293 e. The topological polar surface area (TPSA) is 64.2 Å². The van der Waals surface area contributed by atoms with Crippen molar-refractivity contribution >= 4 is 5.82 Å². The Hall–Kier alpha value is -1.36. The molecular weight excluding hydrogens is 204 g/mol. The summed E-state index contributed by atoms with van der Waals surface area (Å²) in [5.41, 5.74) is 5.45. The minimum Gasteiger partial charge on any atom is -0.352 e. The van der Waals surface area contributed by atoms with Crippen molar-refractivity contribution in [2.24, 2.45) is 5.73 Å². The van der Waals surface area contributed by atoms with Crippen molar-refractivity contribution in [3.63, 3.8) is 0 Å². The highest BCUT2D eigenvalue weighted by molar-refractivity contribution is 5.35. The van der Waals surface area contributed by atoms with Crippen LogP contribution in [0.25, 0.3) is 0 Å². The normalized spacial score (nSPS) is 10.4. The average molecular weight is 224 g/mol. The maximum absolute atomic E-state index is 12.0. The van der Waals surface area contributed by atoms with Gasteiger partial charge in [0, 0.05) is 32.0 Å². The lowest BCUT2D eigenvalue weighted by atomic mass is 10.3. The number of hydrogen-bond acceptors (Lipinski definition) is 4. The molecule has 90 valence electrons. The van der Waals surface area contributed by atoms with Crippen LogP contribution in [0.2, 0.25) is 0 Å². The summed E-state index contributed by atoms with van der Waals surface area (Å²) in [5.74, 6) is 0.528. The van der Waals surface area contributed by atoms with Crippen molar-refractivity contribution in [2.75, 3.05) is 24.5 Å². The van der Waals surface area contributed by atoms with Crippen LogP contribution in [0.1, 0.15) is 20.3 Å². The Bertz CT molecular complexity index is 374. The largest absolute Gasteiger partial charge is 0.352 e. The Kier molecular flexibility index (Phi) is 4.98. The van der Waals surface area contributed by atoms with E-state index < -0.39 is 0 Å². The number of nitrogens with zero attached hydrogens (tertiary/aromatic N) is 3. The first-order valence-corrected chi connectivity index (χ1v) is 5.75. The Morgan fingerprint density at radius 3 is 2.81 bits per heavy atom. The highest BCUT2D eigenvalue weighted by atomic mass is 16.1. The molecule has 5 heteroatoms. The molecular formula is C11H20N4O. The van der Waals surface area contributed by atoms with Gasteiger partial charge in [-0.05, 0) is 26.8 Å². The van der Waals surface area contributed by atoms with E-state index >= 15 is 0 Å². The zero-order valence-corrected chi connectivity index (χ0v) is 10.0. The third-order valence-electron chi connectivity index (χ3n) is 2.55. The Morgan fingerprint density at radius 1 is 1.50 bits per heavy atom. The van der Waals surface area contributed by atoms with E-state index in [0.717, 1.165) is 19.5 Å². The van der Waals surface area contributed by atoms with Gasteiger partial charge in [0.05, 0.1) is 0 Å². The Balaban J connectivity index is 2.96. The first-order valence-electron chi connectivity index (χ1n) is 5.75. The highest BCUT2D eigenvalue weighted by Gasteiger charge is 2.10. The quantitative estimate of drug-likeness (QED) is 0.761. The number of aromatic nitrogens is 2. The van der Waals surface area contributed by atoms with Gasteiger partial charge in [0.2, 0.25) is 0 Å². The third-order valence-corrected chi connectivity index (χ3v) is 2.55. The summed E-state index contributed by atoms with van der Waals surface area (Å²) in [5, 5.41) is 0. The SMILES string of the molecule is CCN(CCCN)c1nccn(CC)c1=O. The van der Waals surface area contributed by atoms with Crippen LogP contribution in [0.3, 0.4) is 0 Å². The van der Waals surface area contributed by atoms with E-state index in [9.17, 15) is 4.79 Å². The van der Waals surface area contributed by atoms with E-state index in [0.29, 0.717) is 18.9 Å². The number of nitrogens with two attached hydrogens (primary N) is 1. The Morgan fingerprint density at radius 2 is 2.25 bits per heavy atom. The molecule has 1 aromatic heterocycles. The smallest absolute Gasteiger partial charge is 0.293 e. The van der Waals surface area contributed by atoms with E-state index in [2.05, 4.69) is 4.98 Å². The van der Waals surface area contributed by atoms with Gasteiger partial charge in [-0.3, -0.25) is 4.79 Å². The first kappa shape index (κ1) is 12.7. The zero-order chi connectivity index (χ0) is 12.0. The molecule has 0 unspecified atom stereocenters. The van der Waals surface area contributed by atoms with Gasteiger partial charge in [-0.15, -0.1) is 0 Å². The standard InChI is InChI=1S/C11H20N4O/c1-3-14(8-5-6-12)10-11(16)15(4-2)9-7-13-10/h7,9H,3-6,8,12H2,1-2H3. The maximum atomic E-state index is 12.0. The monoisotopic (exact) mass is 224 g/mol. The fourth-order valence-electron chi connectivity index (χ4n) is 1.60. The van der Waals surface area contributed by atoms with Gasteiger partial charge < -0.3 is 15.2 Å². The van der Waals surface area contributed by atoms with E-state index in [-0.39, 0.29) is 5.56 Å². The molecule has 0 aliphatic rings. The molecule has 0 amide bonds. The summed E-state index contributed by atoms with van der Waals surface area (Å²) in [6.07, 6.45) is 4.25. The lowest BCUT2D eigenvalue weighted by molar-refractivity contribution is 0.688. The lowest BCUT2D eigenvalue weighted by Gasteiger charge is -2.21. The molecule has 0 aliphatic carbocycles. The number of hydrogen-bond donors (Lipinski definition) is 1. The lowest BCUT2D eigenvalue weighted by Crippen LogP contribution is -2.34. The minimum atomic E-state index is -0.0242. The number of rotatable bonds is 6. The average Bonchev–Trinajstić information content (AvgIpc) is 2.32. The summed E-state index contributed by atoms with van der Waals surface area (Å²) in [4.78, 5) is 18.1. The molecule has 0 spiro atoms. The van der Waals surface area contributed by atoms with Crippen molar-refractivity contribution in [3.05, 3.63) is 22.7 Å². The molecule has 16 heavy (non-hydrogen) atoms.